The average molecular weight is 391 g/mol. The highest BCUT2D eigenvalue weighted by Crippen LogP contribution is 2.31. The summed E-state index contributed by atoms with van der Waals surface area (Å²) in [6.45, 7) is -2.07. The van der Waals surface area contributed by atoms with Crippen LogP contribution in [-0.4, -0.2) is 35.4 Å². The van der Waals surface area contributed by atoms with Crippen LogP contribution in [0.2, 0.25) is 0 Å². The van der Waals surface area contributed by atoms with Gasteiger partial charge in [-0.05, 0) is 17.7 Å². The van der Waals surface area contributed by atoms with Gasteiger partial charge in [0.15, 0.2) is 5.75 Å². The Kier molecular flexibility index (Phi) is 6.49. The van der Waals surface area contributed by atoms with Crippen molar-refractivity contribution in [3.63, 3.8) is 0 Å². The van der Waals surface area contributed by atoms with Gasteiger partial charge in [0.2, 0.25) is 5.91 Å². The van der Waals surface area contributed by atoms with Gasteiger partial charge in [0.25, 0.3) is 0 Å². The van der Waals surface area contributed by atoms with E-state index in [2.05, 4.69) is 20.5 Å². The summed E-state index contributed by atoms with van der Waals surface area (Å²) in [6.07, 6.45) is 3.53. The van der Waals surface area contributed by atoms with E-state index in [0.29, 0.717) is 13.1 Å². The Bertz CT molecular complexity index is 772. The summed E-state index contributed by atoms with van der Waals surface area (Å²) in [4.78, 5) is 12.6. The molecule has 3 rings (SSSR count). The first-order chi connectivity index (χ1) is 11.9. The second-order valence-corrected chi connectivity index (χ2v) is 5.83. The predicted molar refractivity (Wildman–Crippen MR) is 91.2 cm³/mol. The topological polar surface area (TPSA) is 68.2 Å². The molecular formula is C16H18ClF3N4O2. The highest BCUT2D eigenvalue weighted by molar-refractivity contribution is 5.95. The van der Waals surface area contributed by atoms with E-state index in [1.54, 1.807) is 17.9 Å². The predicted octanol–water partition coefficient (Wildman–Crippen LogP) is 2.52. The lowest BCUT2D eigenvalue weighted by Gasteiger charge is -2.18. The van der Waals surface area contributed by atoms with Gasteiger partial charge in [0, 0.05) is 38.3 Å². The number of carbonyl (C=O) groups excluding carboxylic acids is 1. The molecule has 1 aliphatic rings. The standard InChI is InChI=1S/C16H17F3N4O2.ClH/c1-23-8-9(5-21-23)11-6-20-7-12(11)15(24)22-13-3-2-10(17)4-14(13)25-16(18)19;/h2-5,8,11-12,16,20H,6-7H2,1H3,(H,22,24);1H/t11-,12+;/m1./s1. The minimum atomic E-state index is -3.12. The molecule has 1 fully saturated rings. The molecule has 10 heteroatoms. The van der Waals surface area contributed by atoms with Gasteiger partial charge in [0.05, 0.1) is 17.8 Å². The minimum Gasteiger partial charge on any atom is -0.432 e. The molecule has 1 aromatic carbocycles. The van der Waals surface area contributed by atoms with Crippen LogP contribution in [0.3, 0.4) is 0 Å². The van der Waals surface area contributed by atoms with Crippen LogP contribution in [0.4, 0.5) is 18.9 Å². The zero-order valence-corrected chi connectivity index (χ0v) is 14.6. The SMILES string of the molecule is Cl.Cn1cc([C@H]2CNC[C@@H]2C(=O)Nc2ccc(F)cc2OC(F)F)cn1. The van der Waals surface area contributed by atoms with E-state index in [0.717, 1.165) is 17.7 Å². The third-order valence-corrected chi connectivity index (χ3v) is 4.12. The number of anilines is 1. The van der Waals surface area contributed by atoms with Gasteiger partial charge in [0.1, 0.15) is 5.82 Å². The molecule has 0 aliphatic carbocycles. The number of halogens is 4. The molecular weight excluding hydrogens is 373 g/mol. The highest BCUT2D eigenvalue weighted by atomic mass is 35.5. The van der Waals surface area contributed by atoms with E-state index in [1.165, 1.54) is 6.07 Å². The van der Waals surface area contributed by atoms with Crippen molar-refractivity contribution in [2.45, 2.75) is 12.5 Å². The third kappa shape index (κ3) is 4.47. The van der Waals surface area contributed by atoms with E-state index in [4.69, 9.17) is 0 Å². The van der Waals surface area contributed by atoms with Gasteiger partial charge in [-0.15, -0.1) is 12.4 Å². The highest BCUT2D eigenvalue weighted by Gasteiger charge is 2.35. The fourth-order valence-electron chi connectivity index (χ4n) is 2.95. The summed E-state index contributed by atoms with van der Waals surface area (Å²) in [5.41, 5.74) is 0.916. The second kappa shape index (κ2) is 8.41. The Balaban J connectivity index is 0.00000243. The molecule has 2 aromatic rings. The van der Waals surface area contributed by atoms with Crippen LogP contribution in [0, 0.1) is 11.7 Å². The van der Waals surface area contributed by atoms with Gasteiger partial charge >= 0.3 is 6.61 Å². The van der Waals surface area contributed by atoms with Crippen molar-refractivity contribution in [2.75, 3.05) is 18.4 Å². The number of ether oxygens (including phenoxy) is 1. The fraction of sp³-hybridized carbons (Fsp3) is 0.375. The van der Waals surface area contributed by atoms with Gasteiger partial charge in [-0.3, -0.25) is 9.48 Å². The number of aromatic nitrogens is 2. The number of nitrogens with zero attached hydrogens (tertiary/aromatic N) is 2. The van der Waals surface area contributed by atoms with Crippen molar-refractivity contribution >= 4 is 24.0 Å². The molecule has 0 radical (unpaired) electrons. The first kappa shape index (κ1) is 20.1. The van der Waals surface area contributed by atoms with Crippen molar-refractivity contribution in [1.29, 1.82) is 0 Å². The van der Waals surface area contributed by atoms with Crippen LogP contribution in [0.25, 0.3) is 0 Å². The minimum absolute atomic E-state index is 0. The molecule has 1 saturated heterocycles. The molecule has 6 nitrogen and oxygen atoms in total. The number of aryl methyl sites for hydroxylation is 1. The number of nitrogens with one attached hydrogen (secondary N) is 2. The van der Waals surface area contributed by atoms with Crippen molar-refractivity contribution in [3.05, 3.63) is 42.0 Å². The molecule has 1 aliphatic heterocycles. The lowest BCUT2D eigenvalue weighted by Crippen LogP contribution is -2.28. The smallest absolute Gasteiger partial charge is 0.387 e. The van der Waals surface area contributed by atoms with E-state index >= 15 is 0 Å². The molecule has 26 heavy (non-hydrogen) atoms. The molecule has 1 aromatic heterocycles. The number of amides is 1. The maximum absolute atomic E-state index is 13.3. The first-order valence-electron chi connectivity index (χ1n) is 7.68. The van der Waals surface area contributed by atoms with E-state index in [9.17, 15) is 18.0 Å². The molecule has 0 unspecified atom stereocenters. The first-order valence-corrected chi connectivity index (χ1v) is 7.68. The molecule has 0 bridgehead atoms. The largest absolute Gasteiger partial charge is 0.432 e. The zero-order chi connectivity index (χ0) is 18.0. The monoisotopic (exact) mass is 390 g/mol. The number of carbonyl (C=O) groups is 1. The zero-order valence-electron chi connectivity index (χ0n) is 13.8. The van der Waals surface area contributed by atoms with Crippen molar-refractivity contribution < 1.29 is 22.7 Å². The van der Waals surface area contributed by atoms with Crippen molar-refractivity contribution in [1.82, 2.24) is 15.1 Å². The Morgan fingerprint density at radius 2 is 2.19 bits per heavy atom. The van der Waals surface area contributed by atoms with Crippen LogP contribution >= 0.6 is 12.4 Å². The van der Waals surface area contributed by atoms with Crippen LogP contribution in [-0.2, 0) is 11.8 Å². The number of rotatable bonds is 5. The van der Waals surface area contributed by atoms with E-state index in [1.807, 2.05) is 6.20 Å². The summed E-state index contributed by atoms with van der Waals surface area (Å²) in [6, 6.07) is 3.08. The molecule has 142 valence electrons. The summed E-state index contributed by atoms with van der Waals surface area (Å²) >= 11 is 0. The second-order valence-electron chi connectivity index (χ2n) is 5.83. The number of hydrogen-bond donors (Lipinski definition) is 2. The molecule has 2 heterocycles. The molecule has 0 spiro atoms. The molecule has 2 atom stereocenters. The molecule has 0 saturated carbocycles. The maximum atomic E-state index is 13.3. The van der Waals surface area contributed by atoms with Crippen LogP contribution in [0.5, 0.6) is 5.75 Å². The van der Waals surface area contributed by atoms with Gasteiger partial charge in [-0.1, -0.05) is 0 Å². The lowest BCUT2D eigenvalue weighted by molar-refractivity contribution is -0.119. The lowest BCUT2D eigenvalue weighted by atomic mass is 9.90. The molecule has 2 N–H and O–H groups in total. The van der Waals surface area contributed by atoms with Gasteiger partial charge < -0.3 is 15.4 Å². The Hall–Kier alpha value is -2.26. The van der Waals surface area contributed by atoms with Gasteiger partial charge in [-0.25, -0.2) is 4.39 Å². The number of benzene rings is 1. The number of alkyl halides is 2. The third-order valence-electron chi connectivity index (χ3n) is 4.12. The quantitative estimate of drug-likeness (QED) is 0.823. The van der Waals surface area contributed by atoms with Gasteiger partial charge in [-0.2, -0.15) is 13.9 Å². The Morgan fingerprint density at radius 1 is 1.42 bits per heavy atom. The fourth-order valence-corrected chi connectivity index (χ4v) is 2.95. The summed E-state index contributed by atoms with van der Waals surface area (Å²) in [5, 5.41) is 9.81. The van der Waals surface area contributed by atoms with Crippen molar-refractivity contribution in [3.8, 4) is 5.75 Å². The number of hydrogen-bond acceptors (Lipinski definition) is 4. The van der Waals surface area contributed by atoms with Crippen LogP contribution in [0.15, 0.2) is 30.6 Å². The Morgan fingerprint density at radius 3 is 2.85 bits per heavy atom. The summed E-state index contributed by atoms with van der Waals surface area (Å²) in [5.74, 6) is -2.00. The van der Waals surface area contributed by atoms with Crippen LogP contribution < -0.4 is 15.4 Å². The van der Waals surface area contributed by atoms with Crippen molar-refractivity contribution in [2.24, 2.45) is 13.0 Å². The maximum Gasteiger partial charge on any atom is 0.387 e. The normalized spacial score (nSPS) is 19.3. The molecule has 1 amide bonds. The Labute approximate surface area is 154 Å². The van der Waals surface area contributed by atoms with Crippen LogP contribution in [0.1, 0.15) is 11.5 Å². The average Bonchev–Trinajstić information content (AvgIpc) is 3.17. The van der Waals surface area contributed by atoms with E-state index in [-0.39, 0.29) is 29.9 Å². The van der Waals surface area contributed by atoms with E-state index < -0.39 is 24.1 Å². The summed E-state index contributed by atoms with van der Waals surface area (Å²) < 4.78 is 44.2. The summed E-state index contributed by atoms with van der Waals surface area (Å²) in [7, 11) is 1.79.